The summed E-state index contributed by atoms with van der Waals surface area (Å²) >= 11 is 0. The van der Waals surface area contributed by atoms with Crippen molar-refractivity contribution in [3.8, 4) is 0 Å². The Kier molecular flexibility index (Phi) is 5.23. The first-order chi connectivity index (χ1) is 10.0. The first kappa shape index (κ1) is 15.8. The average molecular weight is 289 g/mol. The van der Waals surface area contributed by atoms with Crippen LogP contribution in [0, 0.1) is 11.8 Å². The van der Waals surface area contributed by atoms with Crippen LogP contribution in [0.5, 0.6) is 0 Å². The van der Waals surface area contributed by atoms with Crippen LogP contribution in [0.25, 0.3) is 0 Å². The van der Waals surface area contributed by atoms with E-state index in [4.69, 9.17) is 5.73 Å². The van der Waals surface area contributed by atoms with Crippen LogP contribution in [0.2, 0.25) is 0 Å². The normalized spacial score (nSPS) is 21.6. The summed E-state index contributed by atoms with van der Waals surface area (Å²) in [6.45, 7) is 4.90. The summed E-state index contributed by atoms with van der Waals surface area (Å²) in [6.07, 6.45) is 3.14. The highest BCUT2D eigenvalue weighted by atomic mass is 16.1. The molecular formula is C17H27N3O. The number of nitrogens with one attached hydrogen (secondary N) is 1. The van der Waals surface area contributed by atoms with Gasteiger partial charge in [-0.1, -0.05) is 12.5 Å². The number of hydrogen-bond donors (Lipinski definition) is 2. The second-order valence-electron chi connectivity index (χ2n) is 6.28. The molecule has 116 valence electrons. The Morgan fingerprint density at radius 1 is 1.43 bits per heavy atom. The van der Waals surface area contributed by atoms with Gasteiger partial charge in [0.2, 0.25) is 5.91 Å². The fourth-order valence-electron chi connectivity index (χ4n) is 3.00. The molecule has 1 aromatic rings. The molecule has 4 nitrogen and oxygen atoms in total. The van der Waals surface area contributed by atoms with Crippen molar-refractivity contribution < 1.29 is 4.79 Å². The minimum Gasteiger partial charge on any atom is -0.372 e. The quantitative estimate of drug-likeness (QED) is 0.876. The molecule has 0 heterocycles. The van der Waals surface area contributed by atoms with Gasteiger partial charge in [0, 0.05) is 30.4 Å². The molecule has 0 saturated heterocycles. The van der Waals surface area contributed by atoms with Gasteiger partial charge < -0.3 is 16.0 Å². The maximum atomic E-state index is 12.4. The molecule has 1 aliphatic carbocycles. The lowest BCUT2D eigenvalue weighted by Gasteiger charge is -2.24. The number of carbonyl (C=O) groups excluding carboxylic acids is 1. The van der Waals surface area contributed by atoms with Gasteiger partial charge in [-0.2, -0.15) is 0 Å². The maximum Gasteiger partial charge on any atom is 0.227 e. The molecule has 0 unspecified atom stereocenters. The zero-order valence-corrected chi connectivity index (χ0v) is 13.3. The highest BCUT2D eigenvalue weighted by Crippen LogP contribution is 2.32. The number of carbonyl (C=O) groups is 1. The molecule has 1 saturated carbocycles. The van der Waals surface area contributed by atoms with Gasteiger partial charge in [0.15, 0.2) is 0 Å². The van der Waals surface area contributed by atoms with Gasteiger partial charge in [0.05, 0.1) is 0 Å². The molecule has 1 aliphatic rings. The molecule has 21 heavy (non-hydrogen) atoms. The Balaban J connectivity index is 2.06. The number of benzene rings is 1. The van der Waals surface area contributed by atoms with Crippen LogP contribution in [0.1, 0.15) is 33.1 Å². The number of hydrogen-bond acceptors (Lipinski definition) is 3. The molecule has 4 heteroatoms. The fraction of sp³-hybridized carbons (Fsp3) is 0.588. The van der Waals surface area contributed by atoms with Crippen LogP contribution < -0.4 is 16.0 Å². The van der Waals surface area contributed by atoms with Crippen LogP contribution in [0.3, 0.4) is 0 Å². The Labute approximate surface area is 127 Å². The molecule has 1 aromatic carbocycles. The summed E-state index contributed by atoms with van der Waals surface area (Å²) in [6, 6.07) is 8.45. The predicted molar refractivity (Wildman–Crippen MR) is 88.5 cm³/mol. The topological polar surface area (TPSA) is 58.4 Å². The highest BCUT2D eigenvalue weighted by Gasteiger charge is 2.31. The minimum atomic E-state index is 0.0708. The summed E-state index contributed by atoms with van der Waals surface area (Å²) in [4.78, 5) is 14.6. The van der Waals surface area contributed by atoms with Gasteiger partial charge in [-0.15, -0.1) is 0 Å². The molecule has 1 amide bonds. The van der Waals surface area contributed by atoms with Crippen molar-refractivity contribution in [2.75, 3.05) is 23.8 Å². The summed E-state index contributed by atoms with van der Waals surface area (Å²) in [5.41, 5.74) is 7.75. The van der Waals surface area contributed by atoms with E-state index in [9.17, 15) is 4.79 Å². The molecule has 0 bridgehead atoms. The standard InChI is InChI=1S/C17H27N3O/c1-12(2)20(3)15-8-5-7-14(10-15)19-17(21)16-9-4-6-13(16)11-18/h5,7-8,10,12-13,16H,4,6,9,11,18H2,1-3H3,(H,19,21)/t13-,16-/m1/s1. The SMILES string of the molecule is CC(C)N(C)c1cccc(NC(=O)[C@@H]2CCC[C@@H]2CN)c1. The third kappa shape index (κ3) is 3.76. The zero-order chi connectivity index (χ0) is 15.4. The smallest absolute Gasteiger partial charge is 0.227 e. The van der Waals surface area contributed by atoms with E-state index in [0.29, 0.717) is 18.5 Å². The lowest BCUT2D eigenvalue weighted by atomic mass is 9.95. The van der Waals surface area contributed by atoms with Crippen LogP contribution in [-0.2, 0) is 4.79 Å². The molecular weight excluding hydrogens is 262 g/mol. The Morgan fingerprint density at radius 3 is 2.86 bits per heavy atom. The van der Waals surface area contributed by atoms with Gasteiger partial charge >= 0.3 is 0 Å². The number of nitrogens with zero attached hydrogens (tertiary/aromatic N) is 1. The molecule has 1 fully saturated rings. The monoisotopic (exact) mass is 289 g/mol. The number of nitrogens with two attached hydrogens (primary N) is 1. The van der Waals surface area contributed by atoms with E-state index >= 15 is 0 Å². The predicted octanol–water partition coefficient (Wildman–Crippen LogP) is 2.84. The Morgan fingerprint density at radius 2 is 2.19 bits per heavy atom. The molecule has 2 rings (SSSR count). The summed E-state index contributed by atoms with van der Waals surface area (Å²) in [5.74, 6) is 0.528. The van der Waals surface area contributed by atoms with E-state index in [2.05, 4.69) is 37.2 Å². The van der Waals surface area contributed by atoms with Crippen molar-refractivity contribution in [1.29, 1.82) is 0 Å². The summed E-state index contributed by atoms with van der Waals surface area (Å²) < 4.78 is 0. The van der Waals surface area contributed by atoms with Crippen LogP contribution in [0.15, 0.2) is 24.3 Å². The first-order valence-electron chi connectivity index (χ1n) is 7.86. The van der Waals surface area contributed by atoms with Crippen LogP contribution in [-0.4, -0.2) is 25.5 Å². The summed E-state index contributed by atoms with van der Waals surface area (Å²) in [5, 5.41) is 3.06. The van der Waals surface area contributed by atoms with Gasteiger partial charge in [-0.25, -0.2) is 0 Å². The minimum absolute atomic E-state index is 0.0708. The van der Waals surface area contributed by atoms with E-state index in [1.807, 2.05) is 18.2 Å². The van der Waals surface area contributed by atoms with E-state index in [1.165, 1.54) is 0 Å². The van der Waals surface area contributed by atoms with E-state index in [0.717, 1.165) is 30.6 Å². The van der Waals surface area contributed by atoms with E-state index in [-0.39, 0.29) is 11.8 Å². The van der Waals surface area contributed by atoms with Gasteiger partial charge in [-0.3, -0.25) is 4.79 Å². The Bertz CT molecular complexity index is 487. The first-order valence-corrected chi connectivity index (χ1v) is 7.86. The van der Waals surface area contributed by atoms with Crippen molar-refractivity contribution in [3.05, 3.63) is 24.3 Å². The van der Waals surface area contributed by atoms with Gasteiger partial charge in [0.1, 0.15) is 0 Å². The van der Waals surface area contributed by atoms with Crippen LogP contribution in [0.4, 0.5) is 11.4 Å². The fourth-order valence-corrected chi connectivity index (χ4v) is 3.00. The van der Waals surface area contributed by atoms with Crippen molar-refractivity contribution in [2.24, 2.45) is 17.6 Å². The third-order valence-electron chi connectivity index (χ3n) is 4.59. The molecule has 2 atom stereocenters. The molecule has 0 spiro atoms. The molecule has 0 radical (unpaired) electrons. The lowest BCUT2D eigenvalue weighted by Crippen LogP contribution is -2.30. The van der Waals surface area contributed by atoms with Crippen LogP contribution >= 0.6 is 0 Å². The van der Waals surface area contributed by atoms with E-state index in [1.54, 1.807) is 0 Å². The Hall–Kier alpha value is -1.55. The average Bonchev–Trinajstić information content (AvgIpc) is 2.95. The number of anilines is 2. The van der Waals surface area contributed by atoms with Gasteiger partial charge in [0.25, 0.3) is 0 Å². The van der Waals surface area contributed by atoms with Crippen molar-refractivity contribution in [2.45, 2.75) is 39.2 Å². The lowest BCUT2D eigenvalue weighted by molar-refractivity contribution is -0.120. The second kappa shape index (κ2) is 6.94. The number of rotatable bonds is 5. The van der Waals surface area contributed by atoms with Crippen molar-refractivity contribution in [1.82, 2.24) is 0 Å². The maximum absolute atomic E-state index is 12.4. The van der Waals surface area contributed by atoms with E-state index < -0.39 is 0 Å². The third-order valence-corrected chi connectivity index (χ3v) is 4.59. The zero-order valence-electron chi connectivity index (χ0n) is 13.3. The second-order valence-corrected chi connectivity index (χ2v) is 6.28. The molecule has 0 aliphatic heterocycles. The van der Waals surface area contributed by atoms with Crippen molar-refractivity contribution in [3.63, 3.8) is 0 Å². The summed E-state index contributed by atoms with van der Waals surface area (Å²) in [7, 11) is 2.06. The number of amides is 1. The molecule has 0 aromatic heterocycles. The van der Waals surface area contributed by atoms with Gasteiger partial charge in [-0.05, 0) is 57.4 Å². The largest absolute Gasteiger partial charge is 0.372 e. The van der Waals surface area contributed by atoms with Crippen molar-refractivity contribution >= 4 is 17.3 Å². The highest BCUT2D eigenvalue weighted by molar-refractivity contribution is 5.93. The molecule has 3 N–H and O–H groups in total.